The molecule has 0 saturated carbocycles. The van der Waals surface area contributed by atoms with Crippen molar-refractivity contribution in [3.8, 4) is 0 Å². The molecule has 1 aliphatic rings. The van der Waals surface area contributed by atoms with E-state index < -0.39 is 35.7 Å². The molecule has 0 radical (unpaired) electrons. The van der Waals surface area contributed by atoms with Crippen LogP contribution in [0.15, 0.2) is 11.3 Å². The smallest absolute Gasteiger partial charge is 0.383 e. The lowest BCUT2D eigenvalue weighted by Gasteiger charge is -2.24. The number of hydrogen-bond acceptors (Lipinski definition) is 4. The molecule has 23 heavy (non-hydrogen) atoms. The predicted octanol–water partition coefficient (Wildman–Crippen LogP) is 2.88. The molecule has 0 aromatic rings. The quantitative estimate of drug-likeness (QED) is 0.448. The van der Waals surface area contributed by atoms with Crippen molar-refractivity contribution >= 4 is 0 Å². The number of ether oxygens (including phenoxy) is 4. The van der Waals surface area contributed by atoms with Crippen molar-refractivity contribution in [1.82, 2.24) is 0 Å². The van der Waals surface area contributed by atoms with Gasteiger partial charge in [-0.25, -0.2) is 0 Å². The van der Waals surface area contributed by atoms with Crippen LogP contribution >= 0.6 is 0 Å². The molecule has 10 heteroatoms. The molecule has 0 heterocycles. The van der Waals surface area contributed by atoms with Crippen LogP contribution in [0.2, 0.25) is 0 Å². The lowest BCUT2D eigenvalue weighted by molar-refractivity contribution is -0.271. The molecule has 0 saturated heterocycles. The van der Waals surface area contributed by atoms with Crippen LogP contribution in [0.1, 0.15) is 6.92 Å². The Morgan fingerprint density at radius 3 is 1.65 bits per heavy atom. The average Bonchev–Trinajstić information content (AvgIpc) is 2.55. The van der Waals surface area contributed by atoms with E-state index in [9.17, 15) is 26.3 Å². The van der Waals surface area contributed by atoms with E-state index in [2.05, 4.69) is 4.74 Å². The Morgan fingerprint density at radius 1 is 0.739 bits per heavy atom. The Kier molecular flexibility index (Phi) is 6.72. The van der Waals surface area contributed by atoms with Gasteiger partial charge in [0.25, 0.3) is 0 Å². The van der Waals surface area contributed by atoms with Crippen LogP contribution in [0.5, 0.6) is 0 Å². The Bertz CT molecular complexity index is 425. The molecule has 0 aromatic heterocycles. The number of halogens is 6. The first-order valence-corrected chi connectivity index (χ1v) is 6.73. The maximum absolute atomic E-state index is 13.4. The zero-order valence-electron chi connectivity index (χ0n) is 12.6. The molecule has 136 valence electrons. The summed E-state index contributed by atoms with van der Waals surface area (Å²) in [5.41, 5.74) is -1.48. The third kappa shape index (κ3) is 3.92. The van der Waals surface area contributed by atoms with Crippen LogP contribution in [0.3, 0.4) is 0 Å². The first kappa shape index (κ1) is 20.0. The summed E-state index contributed by atoms with van der Waals surface area (Å²) in [5, 5.41) is 0. The van der Waals surface area contributed by atoms with Gasteiger partial charge < -0.3 is 18.9 Å². The summed E-state index contributed by atoms with van der Waals surface area (Å²) in [5.74, 6) is -17.2. The minimum atomic E-state index is -5.52. The van der Waals surface area contributed by atoms with Crippen molar-refractivity contribution in [1.29, 1.82) is 0 Å². The Hall–Kier alpha value is -1.00. The second kappa shape index (κ2) is 7.71. The first-order valence-electron chi connectivity index (χ1n) is 6.73. The highest BCUT2D eigenvalue weighted by atomic mass is 19.3. The minimum absolute atomic E-state index is 0.105. The molecule has 0 aliphatic heterocycles. The van der Waals surface area contributed by atoms with E-state index in [4.69, 9.17) is 14.2 Å². The lowest BCUT2D eigenvalue weighted by Crippen LogP contribution is -2.49. The molecule has 0 fully saturated rings. The third-order valence-electron chi connectivity index (χ3n) is 3.16. The molecular formula is C13H18F6O4. The topological polar surface area (TPSA) is 36.9 Å². The SMILES string of the molecule is COCCOCCOCCOC1=C(C)C(F)(F)C(F)(F)C1(F)F. The van der Waals surface area contributed by atoms with Crippen LogP contribution in [0, 0.1) is 0 Å². The van der Waals surface area contributed by atoms with Gasteiger partial charge in [-0.1, -0.05) is 0 Å². The van der Waals surface area contributed by atoms with Crippen LogP contribution < -0.4 is 0 Å². The highest BCUT2D eigenvalue weighted by Crippen LogP contribution is 2.59. The van der Waals surface area contributed by atoms with Crippen LogP contribution in [0.25, 0.3) is 0 Å². The van der Waals surface area contributed by atoms with Crippen LogP contribution in [0.4, 0.5) is 26.3 Å². The summed E-state index contributed by atoms with van der Waals surface area (Å²) < 4.78 is 98.6. The number of methoxy groups -OCH3 is 1. The zero-order chi connectivity index (χ0) is 17.7. The highest BCUT2D eigenvalue weighted by molar-refractivity contribution is 5.36. The van der Waals surface area contributed by atoms with E-state index in [0.717, 1.165) is 0 Å². The van der Waals surface area contributed by atoms with Gasteiger partial charge in [-0.2, -0.15) is 26.3 Å². The molecular weight excluding hydrogens is 334 g/mol. The first-order chi connectivity index (χ1) is 10.6. The Balaban J connectivity index is 2.39. The fourth-order valence-corrected chi connectivity index (χ4v) is 1.82. The van der Waals surface area contributed by atoms with Gasteiger partial charge in [0, 0.05) is 12.7 Å². The zero-order valence-corrected chi connectivity index (χ0v) is 12.6. The predicted molar refractivity (Wildman–Crippen MR) is 67.0 cm³/mol. The van der Waals surface area contributed by atoms with E-state index in [1.54, 1.807) is 0 Å². The van der Waals surface area contributed by atoms with Crippen molar-refractivity contribution in [2.24, 2.45) is 0 Å². The van der Waals surface area contributed by atoms with Gasteiger partial charge in [0.1, 0.15) is 6.61 Å². The summed E-state index contributed by atoms with van der Waals surface area (Å²) in [7, 11) is 1.50. The van der Waals surface area contributed by atoms with Crippen molar-refractivity contribution in [2.45, 2.75) is 24.7 Å². The molecule has 0 amide bonds. The second-order valence-corrected chi connectivity index (χ2v) is 4.74. The standard InChI is InChI=1S/C13H18F6O4/c1-9-10(12(16,17)13(18,19)11(9,14)15)23-8-7-22-6-5-21-4-3-20-2/h3-8H2,1-2H3. The van der Waals surface area contributed by atoms with Crippen LogP contribution in [-0.2, 0) is 18.9 Å². The number of rotatable bonds is 10. The van der Waals surface area contributed by atoms with Crippen molar-refractivity contribution in [3.63, 3.8) is 0 Å². The summed E-state index contributed by atoms with van der Waals surface area (Å²) in [6, 6.07) is 0. The fourth-order valence-electron chi connectivity index (χ4n) is 1.82. The maximum atomic E-state index is 13.4. The molecule has 0 bridgehead atoms. The minimum Gasteiger partial charge on any atom is -0.489 e. The van der Waals surface area contributed by atoms with E-state index in [1.165, 1.54) is 7.11 Å². The summed E-state index contributed by atoms with van der Waals surface area (Å²) in [4.78, 5) is 0. The van der Waals surface area contributed by atoms with E-state index in [1.807, 2.05) is 0 Å². The van der Waals surface area contributed by atoms with Gasteiger partial charge in [0.15, 0.2) is 5.76 Å². The summed E-state index contributed by atoms with van der Waals surface area (Å²) in [6.07, 6.45) is 0. The fraction of sp³-hybridized carbons (Fsp3) is 0.846. The van der Waals surface area contributed by atoms with Crippen molar-refractivity contribution in [2.75, 3.05) is 46.8 Å². The van der Waals surface area contributed by atoms with Gasteiger partial charge in [0.05, 0.1) is 33.0 Å². The Morgan fingerprint density at radius 2 is 1.22 bits per heavy atom. The average molecular weight is 352 g/mol. The lowest BCUT2D eigenvalue weighted by atomic mass is 10.1. The molecule has 4 nitrogen and oxygen atoms in total. The number of allylic oxidation sites excluding steroid dienone is 2. The molecule has 1 aliphatic carbocycles. The molecule has 0 unspecified atom stereocenters. The molecule has 0 atom stereocenters. The summed E-state index contributed by atoms with van der Waals surface area (Å²) >= 11 is 0. The van der Waals surface area contributed by atoms with Gasteiger partial charge >= 0.3 is 17.8 Å². The molecule has 0 aromatic carbocycles. The Labute approximate surface area is 129 Å². The van der Waals surface area contributed by atoms with E-state index in [0.29, 0.717) is 20.1 Å². The monoisotopic (exact) mass is 352 g/mol. The molecule has 0 spiro atoms. The van der Waals surface area contributed by atoms with Gasteiger partial charge in [-0.3, -0.25) is 0 Å². The second-order valence-electron chi connectivity index (χ2n) is 4.74. The van der Waals surface area contributed by atoms with Gasteiger partial charge in [-0.05, 0) is 6.92 Å². The van der Waals surface area contributed by atoms with Crippen LogP contribution in [-0.4, -0.2) is 64.5 Å². The molecule has 0 N–H and O–H groups in total. The van der Waals surface area contributed by atoms with Gasteiger partial charge in [-0.15, -0.1) is 0 Å². The largest absolute Gasteiger partial charge is 0.489 e. The maximum Gasteiger partial charge on any atom is 0.383 e. The highest BCUT2D eigenvalue weighted by Gasteiger charge is 2.80. The summed E-state index contributed by atoms with van der Waals surface area (Å²) in [6.45, 7) is 0.747. The van der Waals surface area contributed by atoms with Crippen molar-refractivity contribution < 1.29 is 45.3 Å². The van der Waals surface area contributed by atoms with E-state index >= 15 is 0 Å². The third-order valence-corrected chi connectivity index (χ3v) is 3.16. The van der Waals surface area contributed by atoms with Crippen molar-refractivity contribution in [3.05, 3.63) is 11.3 Å². The van der Waals surface area contributed by atoms with E-state index in [-0.39, 0.29) is 19.8 Å². The number of hydrogen-bond donors (Lipinski definition) is 0. The molecule has 1 rings (SSSR count). The number of alkyl halides is 6. The van der Waals surface area contributed by atoms with Gasteiger partial charge in [0.2, 0.25) is 0 Å². The normalized spacial score (nSPS) is 21.7.